The third kappa shape index (κ3) is 5.97. The molecular weight excluding hydrogens is 548 g/mol. The maximum atomic E-state index is 13.9. The van der Waals surface area contributed by atoms with E-state index in [-0.39, 0.29) is 17.4 Å². The summed E-state index contributed by atoms with van der Waals surface area (Å²) in [6.07, 6.45) is 0.615. The van der Waals surface area contributed by atoms with E-state index < -0.39 is 16.1 Å². The first-order chi connectivity index (χ1) is 19.8. The molecule has 1 amide bonds. The first-order valence-corrected chi connectivity index (χ1v) is 14.8. The molecule has 10 nitrogen and oxygen atoms in total. The van der Waals surface area contributed by atoms with Crippen molar-refractivity contribution in [3.05, 3.63) is 77.4 Å². The Hall–Kier alpha value is -3.80. The topological polar surface area (TPSA) is 104 Å². The normalized spacial score (nSPS) is 17.4. The van der Waals surface area contributed by atoms with E-state index in [1.54, 1.807) is 38.4 Å². The highest BCUT2D eigenvalue weighted by Gasteiger charge is 2.34. The second kappa shape index (κ2) is 12.4. The molecule has 1 atom stereocenters. The van der Waals surface area contributed by atoms with Gasteiger partial charge in [-0.25, -0.2) is 8.42 Å². The summed E-state index contributed by atoms with van der Waals surface area (Å²) in [5.41, 5.74) is 2.34. The molecule has 2 aliphatic heterocycles. The van der Waals surface area contributed by atoms with E-state index >= 15 is 0 Å². The Kier molecular flexibility index (Phi) is 8.67. The Morgan fingerprint density at radius 3 is 2.12 bits per heavy atom. The average molecular weight is 583 g/mol. The van der Waals surface area contributed by atoms with Crippen molar-refractivity contribution in [3.8, 4) is 23.0 Å². The summed E-state index contributed by atoms with van der Waals surface area (Å²) in [4.78, 5) is 15.8. The van der Waals surface area contributed by atoms with Gasteiger partial charge in [0.25, 0.3) is 5.91 Å². The fraction of sp³-hybridized carbons (Fsp3) is 0.367. The lowest BCUT2D eigenvalue weighted by Gasteiger charge is -2.37. The van der Waals surface area contributed by atoms with Crippen molar-refractivity contribution >= 4 is 15.9 Å². The van der Waals surface area contributed by atoms with Gasteiger partial charge in [-0.2, -0.15) is 4.31 Å². The number of amides is 1. The SMILES string of the molecule is COc1ccc(OCC2c3cc(OC)c(OC)cc3CCN2C(=O)c2ccc(S(=O)(=O)N3CCOCC3)cc2)cc1. The molecule has 1 saturated heterocycles. The second-order valence-corrected chi connectivity index (χ2v) is 11.6. The van der Waals surface area contributed by atoms with Gasteiger partial charge in [0, 0.05) is 25.2 Å². The number of ether oxygens (including phenoxy) is 5. The van der Waals surface area contributed by atoms with Crippen LogP contribution < -0.4 is 18.9 Å². The smallest absolute Gasteiger partial charge is 0.254 e. The third-order valence-corrected chi connectivity index (χ3v) is 9.35. The first-order valence-electron chi connectivity index (χ1n) is 13.4. The molecule has 0 N–H and O–H groups in total. The molecule has 1 unspecified atom stereocenters. The van der Waals surface area contributed by atoms with E-state index in [0.717, 1.165) is 11.1 Å². The number of morpholine rings is 1. The van der Waals surface area contributed by atoms with Gasteiger partial charge in [-0.1, -0.05) is 0 Å². The highest BCUT2D eigenvalue weighted by atomic mass is 32.2. The van der Waals surface area contributed by atoms with Crippen molar-refractivity contribution < 1.29 is 36.9 Å². The zero-order valence-corrected chi connectivity index (χ0v) is 24.2. The van der Waals surface area contributed by atoms with Gasteiger partial charge in [-0.05, 0) is 78.2 Å². The number of benzene rings is 3. The Morgan fingerprint density at radius 1 is 0.854 bits per heavy atom. The molecule has 0 spiro atoms. The van der Waals surface area contributed by atoms with Crippen molar-refractivity contribution in [2.45, 2.75) is 17.4 Å². The van der Waals surface area contributed by atoms with Crippen molar-refractivity contribution in [2.24, 2.45) is 0 Å². The summed E-state index contributed by atoms with van der Waals surface area (Å²) in [6, 6.07) is 16.8. The summed E-state index contributed by atoms with van der Waals surface area (Å²) in [5.74, 6) is 2.33. The number of methoxy groups -OCH3 is 3. The molecule has 11 heteroatoms. The minimum Gasteiger partial charge on any atom is -0.497 e. The van der Waals surface area contributed by atoms with E-state index in [1.807, 2.05) is 36.4 Å². The molecule has 0 saturated carbocycles. The number of sulfonamides is 1. The van der Waals surface area contributed by atoms with E-state index in [0.29, 0.717) is 67.8 Å². The third-order valence-electron chi connectivity index (χ3n) is 7.44. The molecule has 218 valence electrons. The van der Waals surface area contributed by atoms with Crippen LogP contribution in [0.25, 0.3) is 0 Å². The van der Waals surface area contributed by atoms with E-state index in [9.17, 15) is 13.2 Å². The van der Waals surface area contributed by atoms with Gasteiger partial charge in [0.2, 0.25) is 10.0 Å². The largest absolute Gasteiger partial charge is 0.497 e. The van der Waals surface area contributed by atoms with E-state index in [1.165, 1.54) is 16.4 Å². The molecule has 5 rings (SSSR count). The minimum absolute atomic E-state index is 0.149. The van der Waals surface area contributed by atoms with Crippen LogP contribution in [0.3, 0.4) is 0 Å². The van der Waals surface area contributed by atoms with Gasteiger partial charge in [-0.15, -0.1) is 0 Å². The fourth-order valence-corrected chi connectivity index (χ4v) is 6.58. The summed E-state index contributed by atoms with van der Waals surface area (Å²) < 4.78 is 55.3. The minimum atomic E-state index is -3.67. The summed E-state index contributed by atoms with van der Waals surface area (Å²) in [5, 5.41) is 0. The molecule has 1 fully saturated rings. The van der Waals surface area contributed by atoms with Crippen LogP contribution in [0.15, 0.2) is 65.6 Å². The highest BCUT2D eigenvalue weighted by Crippen LogP contribution is 2.39. The monoisotopic (exact) mass is 582 g/mol. The van der Waals surface area contributed by atoms with Crippen LogP contribution in [0.4, 0.5) is 0 Å². The Morgan fingerprint density at radius 2 is 1.49 bits per heavy atom. The molecular formula is C30H34N2O8S. The van der Waals surface area contributed by atoms with Crippen LogP contribution in [-0.4, -0.2) is 84.3 Å². The summed E-state index contributed by atoms with van der Waals surface area (Å²) in [6.45, 7) is 1.99. The van der Waals surface area contributed by atoms with Crippen LogP contribution in [0.2, 0.25) is 0 Å². The van der Waals surface area contributed by atoms with Crippen LogP contribution in [0.1, 0.15) is 27.5 Å². The summed E-state index contributed by atoms with van der Waals surface area (Å²) in [7, 11) is 1.10. The van der Waals surface area contributed by atoms with Crippen LogP contribution >= 0.6 is 0 Å². The molecule has 3 aromatic rings. The molecule has 0 aromatic heterocycles. The lowest BCUT2D eigenvalue weighted by atomic mass is 9.91. The number of rotatable bonds is 9. The number of carbonyl (C=O) groups is 1. The van der Waals surface area contributed by atoms with E-state index in [2.05, 4.69) is 0 Å². The molecule has 0 radical (unpaired) electrons. The van der Waals surface area contributed by atoms with Gasteiger partial charge < -0.3 is 28.6 Å². The summed E-state index contributed by atoms with van der Waals surface area (Å²) >= 11 is 0. The first kappa shape index (κ1) is 28.7. The van der Waals surface area contributed by atoms with Gasteiger partial charge in [0.15, 0.2) is 11.5 Å². The zero-order valence-electron chi connectivity index (χ0n) is 23.4. The zero-order chi connectivity index (χ0) is 29.0. The van der Waals surface area contributed by atoms with E-state index in [4.69, 9.17) is 23.7 Å². The molecule has 0 aliphatic carbocycles. The van der Waals surface area contributed by atoms with Crippen molar-refractivity contribution in [3.63, 3.8) is 0 Å². The number of nitrogens with zero attached hydrogens (tertiary/aromatic N) is 2. The lowest BCUT2D eigenvalue weighted by Crippen LogP contribution is -2.42. The maximum Gasteiger partial charge on any atom is 0.254 e. The van der Waals surface area contributed by atoms with Crippen molar-refractivity contribution in [1.82, 2.24) is 9.21 Å². The van der Waals surface area contributed by atoms with Crippen LogP contribution in [0.5, 0.6) is 23.0 Å². The number of fused-ring (bicyclic) bond motifs is 1. The maximum absolute atomic E-state index is 13.9. The molecule has 3 aromatic carbocycles. The lowest BCUT2D eigenvalue weighted by molar-refractivity contribution is 0.0589. The quantitative estimate of drug-likeness (QED) is 0.378. The van der Waals surface area contributed by atoms with Gasteiger partial charge in [-0.3, -0.25) is 4.79 Å². The molecule has 0 bridgehead atoms. The molecule has 2 aliphatic rings. The van der Waals surface area contributed by atoms with Crippen molar-refractivity contribution in [1.29, 1.82) is 0 Å². The van der Waals surface area contributed by atoms with Gasteiger partial charge >= 0.3 is 0 Å². The second-order valence-electron chi connectivity index (χ2n) is 9.70. The standard InChI is InChI=1S/C30H34N2O8S/c1-36-23-6-8-24(9-7-23)40-20-27-26-19-29(38-3)28(37-2)18-22(26)12-13-32(27)30(33)21-4-10-25(11-5-21)41(34,35)31-14-16-39-17-15-31/h4-11,18-19,27H,12-17,20H2,1-3H3. The Balaban J connectivity index is 1.43. The predicted octanol–water partition coefficient (Wildman–Crippen LogP) is 3.55. The number of hydrogen-bond acceptors (Lipinski definition) is 8. The molecule has 2 heterocycles. The van der Waals surface area contributed by atoms with Gasteiger partial charge in [0.05, 0.1) is 45.5 Å². The highest BCUT2D eigenvalue weighted by molar-refractivity contribution is 7.89. The predicted molar refractivity (Wildman–Crippen MR) is 152 cm³/mol. The van der Waals surface area contributed by atoms with Crippen LogP contribution in [-0.2, 0) is 21.2 Å². The molecule has 41 heavy (non-hydrogen) atoms. The Bertz CT molecular complexity index is 1470. The van der Waals surface area contributed by atoms with Crippen molar-refractivity contribution in [2.75, 3.05) is 60.8 Å². The number of carbonyl (C=O) groups excluding carboxylic acids is 1. The van der Waals surface area contributed by atoms with Crippen LogP contribution in [0, 0.1) is 0 Å². The Labute approximate surface area is 240 Å². The average Bonchev–Trinajstić information content (AvgIpc) is 3.03. The number of hydrogen-bond donors (Lipinski definition) is 0. The van der Waals surface area contributed by atoms with Gasteiger partial charge in [0.1, 0.15) is 18.1 Å². The fourth-order valence-electron chi connectivity index (χ4n) is 5.17.